The minimum atomic E-state index is -1.04. The van der Waals surface area contributed by atoms with Gasteiger partial charge in [-0.25, -0.2) is 4.79 Å². The van der Waals surface area contributed by atoms with Crippen molar-refractivity contribution in [3.63, 3.8) is 0 Å². The van der Waals surface area contributed by atoms with Crippen molar-refractivity contribution in [1.82, 2.24) is 5.32 Å². The normalized spacial score (nSPS) is 13.3. The zero-order chi connectivity index (χ0) is 12.1. The first-order valence-corrected chi connectivity index (χ1v) is 4.81. The summed E-state index contributed by atoms with van der Waals surface area (Å²) in [5.41, 5.74) is -0.583. The van der Waals surface area contributed by atoms with Crippen molar-refractivity contribution >= 4 is 11.9 Å². The highest BCUT2D eigenvalue weighted by Gasteiger charge is 2.26. The molecule has 15 heavy (non-hydrogen) atoms. The molecule has 0 heterocycles. The Labute approximate surface area is 89.8 Å². The van der Waals surface area contributed by atoms with Crippen molar-refractivity contribution in [2.75, 3.05) is 13.7 Å². The number of rotatable bonds is 5. The summed E-state index contributed by atoms with van der Waals surface area (Å²) >= 11 is 0. The molecule has 5 heteroatoms. The lowest BCUT2D eigenvalue weighted by molar-refractivity contribution is -0.143. The number of carbonyl (C=O) groups is 2. The van der Waals surface area contributed by atoms with Crippen LogP contribution in [0.5, 0.6) is 0 Å². The van der Waals surface area contributed by atoms with Crippen LogP contribution in [0.25, 0.3) is 0 Å². The van der Waals surface area contributed by atoms with Gasteiger partial charge in [0.2, 0.25) is 5.91 Å². The molecule has 0 aromatic carbocycles. The molecule has 0 aromatic rings. The van der Waals surface area contributed by atoms with Crippen LogP contribution >= 0.6 is 0 Å². The Morgan fingerprint density at radius 2 is 1.93 bits per heavy atom. The third-order valence-corrected chi connectivity index (χ3v) is 1.90. The van der Waals surface area contributed by atoms with Crippen molar-refractivity contribution in [3.8, 4) is 0 Å². The first kappa shape index (κ1) is 13.9. The molecule has 1 amide bonds. The van der Waals surface area contributed by atoms with E-state index < -0.39 is 17.4 Å². The average molecular weight is 217 g/mol. The average Bonchev–Trinajstić information content (AvgIpc) is 2.09. The second-order valence-electron chi connectivity index (χ2n) is 4.40. The van der Waals surface area contributed by atoms with Crippen molar-refractivity contribution in [2.45, 2.75) is 33.2 Å². The number of nitrogens with one attached hydrogen (secondary N) is 1. The van der Waals surface area contributed by atoms with Crippen molar-refractivity contribution in [1.29, 1.82) is 0 Å². The molecule has 0 aliphatic carbocycles. The molecule has 0 bridgehead atoms. The van der Waals surface area contributed by atoms with Gasteiger partial charge in [-0.2, -0.15) is 0 Å². The maximum absolute atomic E-state index is 11.5. The van der Waals surface area contributed by atoms with Crippen LogP contribution in [0.4, 0.5) is 0 Å². The number of ether oxygens (including phenoxy) is 1. The molecule has 1 unspecified atom stereocenters. The van der Waals surface area contributed by atoms with Gasteiger partial charge in [-0.1, -0.05) is 20.8 Å². The van der Waals surface area contributed by atoms with E-state index in [2.05, 4.69) is 5.32 Å². The largest absolute Gasteiger partial charge is 0.480 e. The summed E-state index contributed by atoms with van der Waals surface area (Å²) in [4.78, 5) is 22.3. The molecule has 0 aromatic heterocycles. The molecule has 88 valence electrons. The number of methoxy groups -OCH3 is 1. The van der Waals surface area contributed by atoms with Gasteiger partial charge >= 0.3 is 5.97 Å². The minimum absolute atomic E-state index is 0.271. The minimum Gasteiger partial charge on any atom is -0.480 e. The highest BCUT2D eigenvalue weighted by Crippen LogP contribution is 2.13. The number of aliphatic carboxylic acids is 1. The van der Waals surface area contributed by atoms with Gasteiger partial charge in [-0.05, 0) is 0 Å². The van der Waals surface area contributed by atoms with Crippen LogP contribution in [0, 0.1) is 5.41 Å². The van der Waals surface area contributed by atoms with Crippen molar-refractivity contribution in [2.24, 2.45) is 5.41 Å². The molecular formula is C10H19NO4. The lowest BCUT2D eigenvalue weighted by atomic mass is 9.95. The third-order valence-electron chi connectivity index (χ3n) is 1.90. The van der Waals surface area contributed by atoms with E-state index in [0.29, 0.717) is 6.61 Å². The predicted molar refractivity (Wildman–Crippen MR) is 55.5 cm³/mol. The lowest BCUT2D eigenvalue weighted by Crippen LogP contribution is -2.46. The SMILES string of the molecule is COCCC(NC(=O)C(C)(C)C)C(=O)O. The molecule has 0 saturated heterocycles. The zero-order valence-electron chi connectivity index (χ0n) is 9.66. The number of amides is 1. The van der Waals surface area contributed by atoms with Gasteiger partial charge in [-0.15, -0.1) is 0 Å². The van der Waals surface area contributed by atoms with E-state index in [1.54, 1.807) is 20.8 Å². The van der Waals surface area contributed by atoms with Gasteiger partial charge in [0.25, 0.3) is 0 Å². The Morgan fingerprint density at radius 1 is 1.40 bits per heavy atom. The number of hydrogen-bond donors (Lipinski definition) is 2. The van der Waals surface area contributed by atoms with E-state index >= 15 is 0 Å². The van der Waals surface area contributed by atoms with Crippen molar-refractivity contribution in [3.05, 3.63) is 0 Å². The number of carbonyl (C=O) groups excluding carboxylic acids is 1. The number of carboxylic acid groups (broad SMARTS) is 1. The predicted octanol–water partition coefficient (Wildman–Crippen LogP) is 0.638. The Morgan fingerprint density at radius 3 is 2.27 bits per heavy atom. The topological polar surface area (TPSA) is 75.6 Å². The Balaban J connectivity index is 4.29. The van der Waals surface area contributed by atoms with Crippen LogP contribution in [-0.4, -0.2) is 36.7 Å². The quantitative estimate of drug-likeness (QED) is 0.708. The van der Waals surface area contributed by atoms with E-state index in [4.69, 9.17) is 9.84 Å². The van der Waals surface area contributed by atoms with Crippen LogP contribution in [0.2, 0.25) is 0 Å². The first-order chi connectivity index (χ1) is 6.79. The molecule has 0 rings (SSSR count). The van der Waals surface area contributed by atoms with Crippen LogP contribution in [0.3, 0.4) is 0 Å². The Kier molecular flexibility index (Phi) is 5.28. The summed E-state index contributed by atoms with van der Waals surface area (Å²) in [7, 11) is 1.49. The summed E-state index contributed by atoms with van der Waals surface area (Å²) in [5, 5.41) is 11.3. The Hall–Kier alpha value is -1.10. The summed E-state index contributed by atoms with van der Waals surface area (Å²) in [6, 6.07) is -0.878. The fourth-order valence-corrected chi connectivity index (χ4v) is 0.868. The summed E-state index contributed by atoms with van der Waals surface area (Å²) in [6.45, 7) is 5.51. The molecular weight excluding hydrogens is 198 g/mol. The lowest BCUT2D eigenvalue weighted by Gasteiger charge is -2.21. The molecule has 1 atom stereocenters. The number of carboxylic acids is 1. The van der Waals surface area contributed by atoms with Gasteiger partial charge in [0.05, 0.1) is 0 Å². The van der Waals surface area contributed by atoms with Gasteiger partial charge in [0.15, 0.2) is 0 Å². The van der Waals surface area contributed by atoms with Crippen LogP contribution in [0.1, 0.15) is 27.2 Å². The van der Waals surface area contributed by atoms with Crippen LogP contribution in [0.15, 0.2) is 0 Å². The van der Waals surface area contributed by atoms with Crippen LogP contribution < -0.4 is 5.32 Å². The smallest absolute Gasteiger partial charge is 0.326 e. The van der Waals surface area contributed by atoms with E-state index in [0.717, 1.165) is 0 Å². The number of hydrogen-bond acceptors (Lipinski definition) is 3. The standard InChI is InChI=1S/C10H19NO4/c1-10(2,3)9(14)11-7(8(12)13)5-6-15-4/h7H,5-6H2,1-4H3,(H,11,14)(H,12,13). The summed E-state index contributed by atoms with van der Waals surface area (Å²) in [6.07, 6.45) is 0.271. The zero-order valence-corrected chi connectivity index (χ0v) is 9.66. The second-order valence-corrected chi connectivity index (χ2v) is 4.40. The van der Waals surface area contributed by atoms with E-state index in [1.807, 2.05) is 0 Å². The fourth-order valence-electron chi connectivity index (χ4n) is 0.868. The second kappa shape index (κ2) is 5.70. The molecule has 2 N–H and O–H groups in total. The summed E-state index contributed by atoms with van der Waals surface area (Å²) < 4.78 is 4.78. The van der Waals surface area contributed by atoms with Gasteiger partial charge in [0.1, 0.15) is 6.04 Å². The fraction of sp³-hybridized carbons (Fsp3) is 0.800. The molecule has 0 aliphatic rings. The van der Waals surface area contributed by atoms with Gasteiger partial charge in [-0.3, -0.25) is 4.79 Å². The molecule has 0 aliphatic heterocycles. The molecule has 0 saturated carbocycles. The molecule has 5 nitrogen and oxygen atoms in total. The maximum atomic E-state index is 11.5. The highest BCUT2D eigenvalue weighted by molar-refractivity contribution is 5.86. The monoisotopic (exact) mass is 217 g/mol. The summed E-state index contributed by atoms with van der Waals surface area (Å²) in [5.74, 6) is -1.31. The van der Waals surface area contributed by atoms with Gasteiger partial charge < -0.3 is 15.2 Å². The van der Waals surface area contributed by atoms with Crippen LogP contribution in [-0.2, 0) is 14.3 Å². The Bertz CT molecular complexity index is 232. The molecule has 0 radical (unpaired) electrons. The third kappa shape index (κ3) is 5.37. The van der Waals surface area contributed by atoms with E-state index in [-0.39, 0.29) is 12.3 Å². The van der Waals surface area contributed by atoms with E-state index in [1.165, 1.54) is 7.11 Å². The maximum Gasteiger partial charge on any atom is 0.326 e. The van der Waals surface area contributed by atoms with Gasteiger partial charge in [0, 0.05) is 25.6 Å². The molecule has 0 fully saturated rings. The van der Waals surface area contributed by atoms with Crippen molar-refractivity contribution < 1.29 is 19.4 Å². The highest BCUT2D eigenvalue weighted by atomic mass is 16.5. The van der Waals surface area contributed by atoms with E-state index in [9.17, 15) is 9.59 Å². The first-order valence-electron chi connectivity index (χ1n) is 4.81. The molecule has 0 spiro atoms.